The Balaban J connectivity index is 2.33. The summed E-state index contributed by atoms with van der Waals surface area (Å²) in [6.07, 6.45) is 3.16. The summed E-state index contributed by atoms with van der Waals surface area (Å²) >= 11 is 0. The second-order valence-corrected chi connectivity index (χ2v) is 3.98. The predicted molar refractivity (Wildman–Crippen MR) is 70.6 cm³/mol. The summed E-state index contributed by atoms with van der Waals surface area (Å²) in [7, 11) is 0. The van der Waals surface area contributed by atoms with E-state index < -0.39 is 0 Å². The molecular formula is C14H21NO3. The monoisotopic (exact) mass is 251 g/mol. The van der Waals surface area contributed by atoms with Crippen LogP contribution in [0.2, 0.25) is 0 Å². The Bertz CT molecular complexity index is 349. The minimum Gasteiger partial charge on any atom is -0.482 e. The van der Waals surface area contributed by atoms with Crippen molar-refractivity contribution in [2.24, 2.45) is 5.73 Å². The fourth-order valence-corrected chi connectivity index (χ4v) is 1.57. The summed E-state index contributed by atoms with van der Waals surface area (Å²) in [5.74, 6) is 0.343. The number of carbonyl (C=O) groups excluding carboxylic acids is 1. The van der Waals surface area contributed by atoms with Gasteiger partial charge in [0, 0.05) is 0 Å². The minimum absolute atomic E-state index is 0.0413. The summed E-state index contributed by atoms with van der Waals surface area (Å²) in [5.41, 5.74) is 6.70. The van der Waals surface area contributed by atoms with Gasteiger partial charge < -0.3 is 15.2 Å². The number of nitrogens with two attached hydrogens (primary N) is 1. The predicted octanol–water partition coefficient (Wildman–Crippen LogP) is 1.91. The molecular weight excluding hydrogens is 230 g/mol. The van der Waals surface area contributed by atoms with E-state index in [-0.39, 0.29) is 12.6 Å². The van der Waals surface area contributed by atoms with Crippen molar-refractivity contribution in [1.29, 1.82) is 0 Å². The third-order valence-electron chi connectivity index (χ3n) is 2.50. The van der Waals surface area contributed by atoms with Crippen LogP contribution in [0.15, 0.2) is 24.3 Å². The van der Waals surface area contributed by atoms with Crippen molar-refractivity contribution < 1.29 is 14.3 Å². The van der Waals surface area contributed by atoms with Gasteiger partial charge in [0.05, 0.1) is 6.61 Å². The van der Waals surface area contributed by atoms with Gasteiger partial charge in [-0.05, 0) is 50.4 Å². The highest BCUT2D eigenvalue weighted by Crippen LogP contribution is 2.13. The van der Waals surface area contributed by atoms with Crippen LogP contribution in [-0.4, -0.2) is 25.7 Å². The molecule has 0 aliphatic carbocycles. The van der Waals surface area contributed by atoms with Crippen molar-refractivity contribution in [3.05, 3.63) is 29.8 Å². The van der Waals surface area contributed by atoms with Crippen molar-refractivity contribution in [1.82, 2.24) is 0 Å². The molecule has 0 saturated heterocycles. The maximum absolute atomic E-state index is 11.1. The van der Waals surface area contributed by atoms with Gasteiger partial charge in [0.1, 0.15) is 5.75 Å². The number of hydrogen-bond acceptors (Lipinski definition) is 4. The van der Waals surface area contributed by atoms with Gasteiger partial charge in [0.15, 0.2) is 6.61 Å². The van der Waals surface area contributed by atoms with E-state index in [0.29, 0.717) is 12.4 Å². The average molecular weight is 251 g/mol. The molecule has 0 radical (unpaired) electrons. The maximum Gasteiger partial charge on any atom is 0.344 e. The lowest BCUT2D eigenvalue weighted by molar-refractivity contribution is -0.145. The lowest BCUT2D eigenvalue weighted by Crippen LogP contribution is -2.14. The molecule has 0 saturated carbocycles. The highest BCUT2D eigenvalue weighted by atomic mass is 16.6. The van der Waals surface area contributed by atoms with Crippen LogP contribution in [0, 0.1) is 0 Å². The van der Waals surface area contributed by atoms with Gasteiger partial charge in [-0.15, -0.1) is 0 Å². The van der Waals surface area contributed by atoms with E-state index in [1.54, 1.807) is 6.92 Å². The molecule has 1 aromatic carbocycles. The smallest absolute Gasteiger partial charge is 0.344 e. The molecule has 0 amide bonds. The average Bonchev–Trinajstić information content (AvgIpc) is 2.38. The van der Waals surface area contributed by atoms with E-state index >= 15 is 0 Å². The van der Waals surface area contributed by atoms with Gasteiger partial charge in [-0.2, -0.15) is 0 Å². The third kappa shape index (κ3) is 5.68. The van der Waals surface area contributed by atoms with Crippen molar-refractivity contribution in [2.75, 3.05) is 19.8 Å². The van der Waals surface area contributed by atoms with E-state index in [2.05, 4.69) is 0 Å². The number of ether oxygens (including phenoxy) is 2. The van der Waals surface area contributed by atoms with Crippen LogP contribution in [0.1, 0.15) is 25.3 Å². The molecule has 0 aliphatic rings. The number of unbranched alkanes of at least 4 members (excludes halogenated alkanes) is 1. The number of carbonyl (C=O) groups is 1. The molecule has 0 bridgehead atoms. The molecule has 0 atom stereocenters. The van der Waals surface area contributed by atoms with Crippen LogP contribution in [0.5, 0.6) is 5.75 Å². The van der Waals surface area contributed by atoms with E-state index in [0.717, 1.165) is 25.8 Å². The molecule has 0 heterocycles. The van der Waals surface area contributed by atoms with Gasteiger partial charge in [-0.25, -0.2) is 4.79 Å². The lowest BCUT2D eigenvalue weighted by Gasteiger charge is -2.06. The summed E-state index contributed by atoms with van der Waals surface area (Å²) in [5, 5.41) is 0. The molecule has 0 aliphatic heterocycles. The molecule has 0 unspecified atom stereocenters. The van der Waals surface area contributed by atoms with E-state index in [1.807, 2.05) is 24.3 Å². The first-order valence-corrected chi connectivity index (χ1v) is 6.33. The van der Waals surface area contributed by atoms with Crippen molar-refractivity contribution >= 4 is 5.97 Å². The standard InChI is InChI=1S/C14H21NO3/c1-2-17-14(16)11-18-13-8-6-12(7-9-13)5-3-4-10-15/h6-9H,2-5,10-11,15H2,1H3. The maximum atomic E-state index is 11.1. The Kier molecular flexibility index (Phi) is 6.87. The number of benzene rings is 1. The van der Waals surface area contributed by atoms with Crippen LogP contribution in [0.4, 0.5) is 0 Å². The highest BCUT2D eigenvalue weighted by molar-refractivity contribution is 5.71. The van der Waals surface area contributed by atoms with Gasteiger partial charge in [0.25, 0.3) is 0 Å². The van der Waals surface area contributed by atoms with E-state index in [1.165, 1.54) is 5.56 Å². The molecule has 1 rings (SSSR count). The summed E-state index contributed by atoms with van der Waals surface area (Å²) in [6, 6.07) is 7.77. The van der Waals surface area contributed by atoms with E-state index in [4.69, 9.17) is 15.2 Å². The zero-order chi connectivity index (χ0) is 13.2. The van der Waals surface area contributed by atoms with Crippen LogP contribution in [0.25, 0.3) is 0 Å². The Labute approximate surface area is 108 Å². The molecule has 0 fully saturated rings. The fraction of sp³-hybridized carbons (Fsp3) is 0.500. The topological polar surface area (TPSA) is 61.5 Å². The van der Waals surface area contributed by atoms with Crippen LogP contribution < -0.4 is 10.5 Å². The molecule has 2 N–H and O–H groups in total. The second-order valence-electron chi connectivity index (χ2n) is 3.98. The Morgan fingerprint density at radius 3 is 2.56 bits per heavy atom. The first-order chi connectivity index (χ1) is 8.76. The fourth-order valence-electron chi connectivity index (χ4n) is 1.57. The Hall–Kier alpha value is -1.55. The molecule has 0 aromatic heterocycles. The number of esters is 1. The van der Waals surface area contributed by atoms with Gasteiger partial charge in [0.2, 0.25) is 0 Å². The number of hydrogen-bond donors (Lipinski definition) is 1. The Morgan fingerprint density at radius 1 is 1.22 bits per heavy atom. The zero-order valence-corrected chi connectivity index (χ0v) is 10.9. The molecule has 4 nitrogen and oxygen atoms in total. The quantitative estimate of drug-likeness (QED) is 0.566. The van der Waals surface area contributed by atoms with Crippen molar-refractivity contribution in [3.8, 4) is 5.75 Å². The first kappa shape index (κ1) is 14.5. The van der Waals surface area contributed by atoms with Gasteiger partial charge in [-0.3, -0.25) is 0 Å². The zero-order valence-electron chi connectivity index (χ0n) is 10.9. The normalized spacial score (nSPS) is 10.1. The molecule has 1 aromatic rings. The molecule has 100 valence electrons. The van der Waals surface area contributed by atoms with E-state index in [9.17, 15) is 4.79 Å². The summed E-state index contributed by atoms with van der Waals surface area (Å²) in [4.78, 5) is 11.1. The lowest BCUT2D eigenvalue weighted by atomic mass is 10.1. The van der Waals surface area contributed by atoms with Crippen LogP contribution in [-0.2, 0) is 16.0 Å². The number of rotatable bonds is 8. The molecule has 4 heteroatoms. The molecule has 18 heavy (non-hydrogen) atoms. The summed E-state index contributed by atoms with van der Waals surface area (Å²) in [6.45, 7) is 2.84. The van der Waals surface area contributed by atoms with Crippen molar-refractivity contribution in [2.45, 2.75) is 26.2 Å². The summed E-state index contributed by atoms with van der Waals surface area (Å²) < 4.78 is 10.1. The Morgan fingerprint density at radius 2 is 1.94 bits per heavy atom. The van der Waals surface area contributed by atoms with Gasteiger partial charge in [-0.1, -0.05) is 12.1 Å². The van der Waals surface area contributed by atoms with Crippen LogP contribution in [0.3, 0.4) is 0 Å². The number of aryl methyl sites for hydroxylation is 1. The highest BCUT2D eigenvalue weighted by Gasteiger charge is 2.02. The molecule has 0 spiro atoms. The van der Waals surface area contributed by atoms with Gasteiger partial charge >= 0.3 is 5.97 Å². The second kappa shape index (κ2) is 8.53. The largest absolute Gasteiger partial charge is 0.482 e. The van der Waals surface area contributed by atoms with Crippen molar-refractivity contribution in [3.63, 3.8) is 0 Å². The minimum atomic E-state index is -0.343. The SMILES string of the molecule is CCOC(=O)COc1ccc(CCCCN)cc1. The van der Waals surface area contributed by atoms with Crippen LogP contribution >= 0.6 is 0 Å². The first-order valence-electron chi connectivity index (χ1n) is 6.33. The third-order valence-corrected chi connectivity index (χ3v) is 2.50.